The van der Waals surface area contributed by atoms with Crippen molar-refractivity contribution in [2.45, 2.75) is 26.2 Å². The molecule has 4 heteroatoms. The van der Waals surface area contributed by atoms with Crippen molar-refractivity contribution in [3.05, 3.63) is 24.4 Å². The second kappa shape index (κ2) is 3.12. The molecule has 2 heterocycles. The van der Waals surface area contributed by atoms with Gasteiger partial charge in [0.2, 0.25) is 0 Å². The summed E-state index contributed by atoms with van der Waals surface area (Å²) >= 11 is 0. The van der Waals surface area contributed by atoms with E-state index in [4.69, 9.17) is 0 Å². The van der Waals surface area contributed by atoms with E-state index in [2.05, 4.69) is 29.0 Å². The van der Waals surface area contributed by atoms with Gasteiger partial charge < -0.3 is 0 Å². The van der Waals surface area contributed by atoms with Gasteiger partial charge in [0.15, 0.2) is 5.65 Å². The van der Waals surface area contributed by atoms with Crippen molar-refractivity contribution in [3.8, 4) is 0 Å². The van der Waals surface area contributed by atoms with Crippen LogP contribution in [-0.2, 0) is 0 Å². The molecule has 2 aromatic heterocycles. The summed E-state index contributed by atoms with van der Waals surface area (Å²) in [6.07, 6.45) is 6.54. The molecule has 0 saturated carbocycles. The number of aromatic nitrogens is 4. The van der Waals surface area contributed by atoms with Crippen molar-refractivity contribution in [3.63, 3.8) is 0 Å². The fourth-order valence-corrected chi connectivity index (χ4v) is 1.22. The van der Waals surface area contributed by atoms with E-state index in [1.807, 2.05) is 10.6 Å². The summed E-state index contributed by atoms with van der Waals surface area (Å²) in [7, 11) is 0. The van der Waals surface area contributed by atoms with Crippen molar-refractivity contribution in [2.24, 2.45) is 0 Å². The van der Waals surface area contributed by atoms with E-state index in [9.17, 15) is 0 Å². The molecular weight excluding hydrogens is 164 g/mol. The molecule has 13 heavy (non-hydrogen) atoms. The maximum atomic E-state index is 4.33. The average Bonchev–Trinajstić information content (AvgIpc) is 2.63. The number of hydrogen-bond donors (Lipinski definition) is 0. The van der Waals surface area contributed by atoms with Crippen molar-refractivity contribution >= 4 is 5.65 Å². The van der Waals surface area contributed by atoms with Crippen molar-refractivity contribution in [1.29, 1.82) is 0 Å². The molecule has 0 N–H and O–H groups in total. The van der Waals surface area contributed by atoms with Crippen LogP contribution in [0.3, 0.4) is 0 Å². The van der Waals surface area contributed by atoms with E-state index in [1.54, 1.807) is 12.5 Å². The van der Waals surface area contributed by atoms with Gasteiger partial charge in [0.25, 0.3) is 0 Å². The quantitative estimate of drug-likeness (QED) is 0.698. The van der Waals surface area contributed by atoms with Crippen LogP contribution in [0.4, 0.5) is 0 Å². The van der Waals surface area contributed by atoms with Gasteiger partial charge in [0.1, 0.15) is 6.33 Å². The molecule has 68 valence electrons. The van der Waals surface area contributed by atoms with E-state index >= 15 is 0 Å². The Labute approximate surface area is 76.6 Å². The Morgan fingerprint density at radius 1 is 1.54 bits per heavy atom. The van der Waals surface area contributed by atoms with Gasteiger partial charge >= 0.3 is 0 Å². The van der Waals surface area contributed by atoms with E-state index in [-0.39, 0.29) is 0 Å². The molecule has 0 radical (unpaired) electrons. The number of hydrogen-bond acceptors (Lipinski definition) is 3. The van der Waals surface area contributed by atoms with Gasteiger partial charge in [0.05, 0.1) is 11.9 Å². The first-order chi connectivity index (χ1) is 6.31. The molecule has 2 aromatic rings. The zero-order valence-electron chi connectivity index (χ0n) is 7.81. The molecule has 0 spiro atoms. The lowest BCUT2D eigenvalue weighted by Gasteiger charge is -2.06. The van der Waals surface area contributed by atoms with Crippen molar-refractivity contribution in [1.82, 2.24) is 19.6 Å². The minimum atomic E-state index is 0.492. The molecule has 0 aliphatic rings. The summed E-state index contributed by atoms with van der Waals surface area (Å²) in [5.74, 6) is 0.492. The van der Waals surface area contributed by atoms with Gasteiger partial charge in [-0.05, 0) is 12.3 Å². The molecule has 0 fully saturated rings. The summed E-state index contributed by atoms with van der Waals surface area (Å²) in [6.45, 7) is 4.32. The summed E-state index contributed by atoms with van der Waals surface area (Å²) < 4.78 is 1.90. The lowest BCUT2D eigenvalue weighted by Crippen LogP contribution is -1.98. The highest BCUT2D eigenvalue weighted by Gasteiger charge is 2.05. The van der Waals surface area contributed by atoms with Crippen LogP contribution in [0.15, 0.2) is 18.7 Å². The summed E-state index contributed by atoms with van der Waals surface area (Å²) in [4.78, 5) is 4.33. The van der Waals surface area contributed by atoms with Crippen LogP contribution in [0, 0.1) is 0 Å². The van der Waals surface area contributed by atoms with Crippen LogP contribution >= 0.6 is 0 Å². The average molecular weight is 176 g/mol. The Kier molecular flexibility index (Phi) is 1.96. The molecule has 0 amide bonds. The largest absolute Gasteiger partial charge is 0.286 e. The molecule has 0 aliphatic carbocycles. The lowest BCUT2D eigenvalue weighted by molar-refractivity contribution is 0.701. The molecule has 2 rings (SSSR count). The zero-order valence-corrected chi connectivity index (χ0v) is 7.81. The van der Waals surface area contributed by atoms with E-state index < -0.39 is 0 Å². The minimum Gasteiger partial charge on any atom is -0.286 e. The minimum absolute atomic E-state index is 0.492. The van der Waals surface area contributed by atoms with Crippen LogP contribution in [0.5, 0.6) is 0 Å². The van der Waals surface area contributed by atoms with Crippen LogP contribution in [0.1, 0.15) is 31.9 Å². The SMILES string of the molecule is CCC(C)c1cn2cnnc2cn1. The zero-order chi connectivity index (χ0) is 9.26. The monoisotopic (exact) mass is 176 g/mol. The second-order valence-corrected chi connectivity index (χ2v) is 3.22. The fourth-order valence-electron chi connectivity index (χ4n) is 1.22. The maximum absolute atomic E-state index is 4.33. The van der Waals surface area contributed by atoms with E-state index in [0.717, 1.165) is 17.8 Å². The van der Waals surface area contributed by atoms with Crippen LogP contribution in [0.25, 0.3) is 5.65 Å². The predicted octanol–water partition coefficient (Wildman–Crippen LogP) is 1.64. The van der Waals surface area contributed by atoms with Crippen LogP contribution in [-0.4, -0.2) is 19.6 Å². The third-order valence-electron chi connectivity index (χ3n) is 2.32. The van der Waals surface area contributed by atoms with Gasteiger partial charge in [0, 0.05) is 6.20 Å². The topological polar surface area (TPSA) is 43.1 Å². The smallest absolute Gasteiger partial charge is 0.179 e. The summed E-state index contributed by atoms with van der Waals surface area (Å²) in [5, 5.41) is 7.70. The van der Waals surface area contributed by atoms with E-state index in [1.165, 1.54) is 0 Å². The Hall–Kier alpha value is -1.45. The van der Waals surface area contributed by atoms with Gasteiger partial charge in [-0.3, -0.25) is 9.38 Å². The van der Waals surface area contributed by atoms with Crippen LogP contribution in [0.2, 0.25) is 0 Å². The molecule has 4 nitrogen and oxygen atoms in total. The molecule has 0 aliphatic heterocycles. The number of fused-ring (bicyclic) bond motifs is 1. The van der Waals surface area contributed by atoms with Gasteiger partial charge in [-0.2, -0.15) is 0 Å². The predicted molar refractivity (Wildman–Crippen MR) is 49.5 cm³/mol. The normalized spacial score (nSPS) is 13.4. The Morgan fingerprint density at radius 3 is 3.15 bits per heavy atom. The highest BCUT2D eigenvalue weighted by atomic mass is 15.2. The Morgan fingerprint density at radius 2 is 2.38 bits per heavy atom. The Balaban J connectivity index is 2.48. The summed E-state index contributed by atoms with van der Waals surface area (Å²) in [6, 6.07) is 0. The first-order valence-corrected chi connectivity index (χ1v) is 4.46. The lowest BCUT2D eigenvalue weighted by atomic mass is 10.1. The van der Waals surface area contributed by atoms with Gasteiger partial charge in [-0.15, -0.1) is 10.2 Å². The molecule has 0 aromatic carbocycles. The van der Waals surface area contributed by atoms with Gasteiger partial charge in [-0.1, -0.05) is 13.8 Å². The third kappa shape index (κ3) is 1.39. The fraction of sp³-hybridized carbons (Fsp3) is 0.444. The van der Waals surface area contributed by atoms with E-state index in [0.29, 0.717) is 5.92 Å². The number of rotatable bonds is 2. The standard InChI is InChI=1S/C9H12N4/c1-3-7(2)8-5-13-6-11-12-9(13)4-10-8/h4-7H,3H2,1-2H3. The molecule has 0 saturated heterocycles. The van der Waals surface area contributed by atoms with Crippen LogP contribution < -0.4 is 0 Å². The third-order valence-corrected chi connectivity index (χ3v) is 2.32. The first-order valence-electron chi connectivity index (χ1n) is 4.46. The van der Waals surface area contributed by atoms with Crippen molar-refractivity contribution in [2.75, 3.05) is 0 Å². The maximum Gasteiger partial charge on any atom is 0.179 e. The highest BCUT2D eigenvalue weighted by Crippen LogP contribution is 2.15. The molecule has 1 unspecified atom stereocenters. The van der Waals surface area contributed by atoms with Gasteiger partial charge in [-0.25, -0.2) is 0 Å². The highest BCUT2D eigenvalue weighted by molar-refractivity contribution is 5.33. The first kappa shape index (κ1) is 8.16. The summed E-state index contributed by atoms with van der Waals surface area (Å²) in [5.41, 5.74) is 1.89. The molecule has 1 atom stereocenters. The second-order valence-electron chi connectivity index (χ2n) is 3.22. The molecular formula is C9H12N4. The number of nitrogens with zero attached hydrogens (tertiary/aromatic N) is 4. The Bertz CT molecular complexity index is 407. The molecule has 0 bridgehead atoms. The van der Waals surface area contributed by atoms with Crippen molar-refractivity contribution < 1.29 is 0 Å².